The molecule has 0 atom stereocenters. The highest BCUT2D eigenvalue weighted by Crippen LogP contribution is 2.27. The van der Waals surface area contributed by atoms with Crippen LogP contribution in [0.4, 0.5) is 18.9 Å². The maximum atomic E-state index is 13.3. The van der Waals surface area contributed by atoms with Crippen LogP contribution in [-0.4, -0.2) is 19.3 Å². The lowest BCUT2D eigenvalue weighted by Gasteiger charge is -2.10. The molecule has 0 spiro atoms. The standard InChI is InChI=1S/C19H12ClF3N2O3S/c20-14-2-1-12(19(26)25-13-8-15(21)18(23)16(22)9-13)7-17(14)29(27,28)10-11-3-5-24-6-4-11/h1-9H,10H2,(H,25,26). The van der Waals surface area contributed by atoms with Crippen LogP contribution in [0.1, 0.15) is 15.9 Å². The predicted molar refractivity (Wildman–Crippen MR) is 101 cm³/mol. The fraction of sp³-hybridized carbons (Fsp3) is 0.0526. The van der Waals surface area contributed by atoms with Crippen molar-refractivity contribution in [2.75, 3.05) is 5.32 Å². The zero-order valence-electron chi connectivity index (χ0n) is 14.5. The number of pyridine rings is 1. The summed E-state index contributed by atoms with van der Waals surface area (Å²) in [6, 6.07) is 7.80. The summed E-state index contributed by atoms with van der Waals surface area (Å²) in [7, 11) is -3.90. The molecule has 10 heteroatoms. The third-order valence-corrected chi connectivity index (χ3v) is 6.04. The predicted octanol–water partition coefficient (Wildman–Crippen LogP) is 4.38. The molecule has 1 aromatic heterocycles. The van der Waals surface area contributed by atoms with Crippen LogP contribution in [0.15, 0.2) is 59.8 Å². The van der Waals surface area contributed by atoms with Crippen molar-refractivity contribution in [2.24, 2.45) is 0 Å². The molecule has 0 radical (unpaired) electrons. The van der Waals surface area contributed by atoms with Crippen molar-refractivity contribution in [3.63, 3.8) is 0 Å². The second kappa shape index (κ2) is 8.22. The van der Waals surface area contributed by atoms with Crippen LogP contribution >= 0.6 is 11.6 Å². The average Bonchev–Trinajstić information content (AvgIpc) is 2.66. The number of anilines is 1. The van der Waals surface area contributed by atoms with Gasteiger partial charge in [0.1, 0.15) is 0 Å². The Morgan fingerprint density at radius 3 is 2.24 bits per heavy atom. The van der Waals surface area contributed by atoms with E-state index in [0.29, 0.717) is 17.7 Å². The van der Waals surface area contributed by atoms with Gasteiger partial charge in [-0.05, 0) is 35.9 Å². The largest absolute Gasteiger partial charge is 0.322 e. The number of carbonyl (C=O) groups excluding carboxylic acids is 1. The molecule has 0 unspecified atom stereocenters. The number of hydrogen-bond donors (Lipinski definition) is 1. The Labute approximate surface area is 169 Å². The van der Waals surface area contributed by atoms with E-state index in [0.717, 1.165) is 6.07 Å². The highest BCUT2D eigenvalue weighted by molar-refractivity contribution is 7.90. The number of rotatable bonds is 5. The number of aromatic nitrogens is 1. The van der Waals surface area contributed by atoms with Crippen molar-refractivity contribution < 1.29 is 26.4 Å². The van der Waals surface area contributed by atoms with Crippen molar-refractivity contribution in [2.45, 2.75) is 10.6 Å². The van der Waals surface area contributed by atoms with Crippen molar-refractivity contribution in [1.29, 1.82) is 0 Å². The number of benzene rings is 2. The Hall–Kier alpha value is -2.91. The lowest BCUT2D eigenvalue weighted by molar-refractivity contribution is 0.102. The second-order valence-electron chi connectivity index (χ2n) is 5.97. The van der Waals surface area contributed by atoms with Gasteiger partial charge < -0.3 is 5.32 Å². The summed E-state index contributed by atoms with van der Waals surface area (Å²) >= 11 is 6.01. The number of hydrogen-bond acceptors (Lipinski definition) is 4. The van der Waals surface area contributed by atoms with E-state index in [9.17, 15) is 26.4 Å². The Kier molecular flexibility index (Phi) is 5.90. The van der Waals surface area contributed by atoms with E-state index in [-0.39, 0.29) is 26.9 Å². The van der Waals surface area contributed by atoms with Crippen molar-refractivity contribution in [3.05, 3.63) is 88.5 Å². The monoisotopic (exact) mass is 440 g/mol. The van der Waals surface area contributed by atoms with Gasteiger partial charge in [0.25, 0.3) is 5.91 Å². The number of carbonyl (C=O) groups is 1. The summed E-state index contributed by atoms with van der Waals surface area (Å²) in [4.78, 5) is 15.9. The van der Waals surface area contributed by atoms with Gasteiger partial charge in [0.2, 0.25) is 0 Å². The number of halogens is 4. The van der Waals surface area contributed by atoms with E-state index in [1.807, 2.05) is 0 Å². The van der Waals surface area contributed by atoms with Gasteiger partial charge in [0, 0.05) is 35.8 Å². The third kappa shape index (κ3) is 4.75. The summed E-state index contributed by atoms with van der Waals surface area (Å²) in [6.45, 7) is 0. The minimum Gasteiger partial charge on any atom is -0.322 e. The summed E-state index contributed by atoms with van der Waals surface area (Å²) in [5, 5.41) is 2.09. The molecule has 1 N–H and O–H groups in total. The van der Waals surface area contributed by atoms with Crippen LogP contribution in [-0.2, 0) is 15.6 Å². The molecule has 0 saturated carbocycles. The molecular weight excluding hydrogens is 429 g/mol. The molecule has 0 aliphatic rings. The summed E-state index contributed by atoms with van der Waals surface area (Å²) in [5.41, 5.74) is 0.0265. The average molecular weight is 441 g/mol. The Balaban J connectivity index is 1.89. The molecule has 2 aromatic carbocycles. The highest BCUT2D eigenvalue weighted by Gasteiger charge is 2.21. The maximum Gasteiger partial charge on any atom is 0.255 e. The zero-order valence-corrected chi connectivity index (χ0v) is 16.1. The zero-order chi connectivity index (χ0) is 21.2. The van der Waals surface area contributed by atoms with E-state index in [2.05, 4.69) is 10.3 Å². The Morgan fingerprint density at radius 2 is 1.62 bits per heavy atom. The van der Waals surface area contributed by atoms with Gasteiger partial charge in [-0.25, -0.2) is 21.6 Å². The quantitative estimate of drug-likeness (QED) is 0.597. The van der Waals surface area contributed by atoms with Crippen LogP contribution < -0.4 is 5.32 Å². The van der Waals surface area contributed by atoms with Gasteiger partial charge >= 0.3 is 0 Å². The maximum absolute atomic E-state index is 13.3. The van der Waals surface area contributed by atoms with Gasteiger partial charge in [-0.2, -0.15) is 0 Å². The molecule has 150 valence electrons. The first-order valence-corrected chi connectivity index (χ1v) is 10.1. The number of nitrogens with one attached hydrogen (secondary N) is 1. The Morgan fingerprint density at radius 1 is 1.00 bits per heavy atom. The molecule has 0 fully saturated rings. The van der Waals surface area contributed by atoms with Gasteiger partial charge in [-0.15, -0.1) is 0 Å². The van der Waals surface area contributed by atoms with Crippen LogP contribution in [0, 0.1) is 17.5 Å². The molecular formula is C19H12ClF3N2O3S. The lowest BCUT2D eigenvalue weighted by Crippen LogP contribution is -2.14. The van der Waals surface area contributed by atoms with Crippen LogP contribution in [0.5, 0.6) is 0 Å². The topological polar surface area (TPSA) is 76.1 Å². The van der Waals surface area contributed by atoms with Gasteiger partial charge in [-0.1, -0.05) is 11.6 Å². The summed E-state index contributed by atoms with van der Waals surface area (Å²) in [5.74, 6) is -5.84. The lowest BCUT2D eigenvalue weighted by atomic mass is 10.2. The third-order valence-electron chi connectivity index (χ3n) is 3.88. The van der Waals surface area contributed by atoms with Gasteiger partial charge in [0.05, 0.1) is 15.7 Å². The molecule has 3 rings (SSSR count). The molecule has 0 aliphatic heterocycles. The molecule has 29 heavy (non-hydrogen) atoms. The van der Waals surface area contributed by atoms with E-state index < -0.39 is 33.2 Å². The van der Waals surface area contributed by atoms with Gasteiger partial charge in [-0.3, -0.25) is 9.78 Å². The molecule has 0 aliphatic carbocycles. The molecule has 3 aromatic rings. The van der Waals surface area contributed by atoms with Crippen molar-refractivity contribution in [1.82, 2.24) is 4.98 Å². The fourth-order valence-corrected chi connectivity index (χ4v) is 4.42. The fourth-order valence-electron chi connectivity index (χ4n) is 2.49. The number of amides is 1. The first-order valence-electron chi connectivity index (χ1n) is 8.04. The van der Waals surface area contributed by atoms with Crippen molar-refractivity contribution in [3.8, 4) is 0 Å². The van der Waals surface area contributed by atoms with Crippen LogP contribution in [0.25, 0.3) is 0 Å². The number of nitrogens with zero attached hydrogens (tertiary/aromatic N) is 1. The summed E-state index contributed by atoms with van der Waals surface area (Å²) < 4.78 is 65.1. The Bertz CT molecular complexity index is 1170. The van der Waals surface area contributed by atoms with Crippen LogP contribution in [0.3, 0.4) is 0 Å². The van der Waals surface area contributed by atoms with Gasteiger partial charge in [0.15, 0.2) is 27.3 Å². The van der Waals surface area contributed by atoms with E-state index >= 15 is 0 Å². The van der Waals surface area contributed by atoms with E-state index in [1.165, 1.54) is 36.7 Å². The molecule has 0 bridgehead atoms. The van der Waals surface area contributed by atoms with E-state index in [1.54, 1.807) is 0 Å². The first-order chi connectivity index (χ1) is 13.7. The SMILES string of the molecule is O=C(Nc1cc(F)c(F)c(F)c1)c1ccc(Cl)c(S(=O)(=O)Cc2ccncc2)c1. The molecule has 1 heterocycles. The highest BCUT2D eigenvalue weighted by atomic mass is 35.5. The minimum absolute atomic E-state index is 0.0884. The van der Waals surface area contributed by atoms with Crippen LogP contribution in [0.2, 0.25) is 5.02 Å². The van der Waals surface area contributed by atoms with E-state index in [4.69, 9.17) is 11.6 Å². The first kappa shape index (κ1) is 20.8. The second-order valence-corrected chi connectivity index (χ2v) is 8.33. The number of sulfone groups is 1. The summed E-state index contributed by atoms with van der Waals surface area (Å²) in [6.07, 6.45) is 2.88. The molecule has 5 nitrogen and oxygen atoms in total. The minimum atomic E-state index is -3.90. The molecule has 1 amide bonds. The normalized spacial score (nSPS) is 11.3. The molecule has 0 saturated heterocycles. The smallest absolute Gasteiger partial charge is 0.255 e. The van der Waals surface area contributed by atoms with Crippen molar-refractivity contribution >= 4 is 33.0 Å².